The summed E-state index contributed by atoms with van der Waals surface area (Å²) in [6.07, 6.45) is 9.60. The van der Waals surface area contributed by atoms with Gasteiger partial charge in [-0.1, -0.05) is 0 Å². The Kier molecular flexibility index (Phi) is 3.96. The first-order chi connectivity index (χ1) is 10.2. The van der Waals surface area contributed by atoms with Gasteiger partial charge in [0.05, 0.1) is 11.6 Å². The number of hydrogen-bond donors (Lipinski definition) is 1. The molecule has 2 aromatic rings. The number of thioether (sulfide) groups is 1. The number of nitrogens with one attached hydrogen (secondary N) is 1. The van der Waals surface area contributed by atoms with Crippen molar-refractivity contribution in [3.63, 3.8) is 0 Å². The van der Waals surface area contributed by atoms with Crippen LogP contribution in [0.2, 0.25) is 0 Å². The number of aryl methyl sites for hydroxylation is 1. The van der Waals surface area contributed by atoms with Crippen molar-refractivity contribution < 1.29 is 4.79 Å². The fraction of sp³-hybridized carbons (Fsp3) is 0.400. The molecule has 5 nitrogen and oxygen atoms in total. The Morgan fingerprint density at radius 3 is 2.86 bits per heavy atom. The Balaban J connectivity index is 1.83. The Morgan fingerprint density at radius 2 is 2.24 bits per heavy atom. The Hall–Kier alpha value is -1.82. The van der Waals surface area contributed by atoms with Crippen LogP contribution in [0.4, 0.5) is 0 Å². The molecule has 0 saturated heterocycles. The minimum atomic E-state index is -0.0765. The van der Waals surface area contributed by atoms with Gasteiger partial charge in [-0.15, -0.1) is 11.8 Å². The average molecular weight is 302 g/mol. The Morgan fingerprint density at radius 1 is 1.43 bits per heavy atom. The third-order valence-electron chi connectivity index (χ3n) is 3.73. The Labute approximate surface area is 128 Å². The van der Waals surface area contributed by atoms with Crippen molar-refractivity contribution in [2.75, 3.05) is 6.26 Å². The van der Waals surface area contributed by atoms with E-state index >= 15 is 0 Å². The summed E-state index contributed by atoms with van der Waals surface area (Å²) in [5, 5.41) is 3.89. The van der Waals surface area contributed by atoms with Crippen LogP contribution in [0.15, 0.2) is 35.7 Å². The van der Waals surface area contributed by atoms with E-state index in [2.05, 4.69) is 15.3 Å². The zero-order chi connectivity index (χ0) is 14.8. The Bertz CT molecular complexity index is 651. The summed E-state index contributed by atoms with van der Waals surface area (Å²) >= 11 is 1.48. The maximum absolute atomic E-state index is 12.6. The first-order valence-electron chi connectivity index (χ1n) is 6.97. The lowest BCUT2D eigenvalue weighted by molar-refractivity contribution is 0.0925. The van der Waals surface area contributed by atoms with Crippen LogP contribution in [-0.2, 0) is 7.05 Å². The summed E-state index contributed by atoms with van der Waals surface area (Å²) in [4.78, 5) is 21.2. The molecule has 110 valence electrons. The maximum atomic E-state index is 12.6. The molecule has 3 rings (SSSR count). The number of imidazole rings is 1. The molecular formula is C15H18N4OS. The van der Waals surface area contributed by atoms with Crippen molar-refractivity contribution >= 4 is 17.7 Å². The zero-order valence-corrected chi connectivity index (χ0v) is 12.9. The smallest absolute Gasteiger partial charge is 0.254 e. The molecular weight excluding hydrogens is 284 g/mol. The molecule has 1 atom stereocenters. The minimum Gasteiger partial charge on any atom is -0.342 e. The first kappa shape index (κ1) is 14.1. The highest BCUT2D eigenvalue weighted by atomic mass is 32.2. The molecule has 1 amide bonds. The fourth-order valence-electron chi connectivity index (χ4n) is 2.44. The second kappa shape index (κ2) is 5.89. The molecule has 2 heterocycles. The van der Waals surface area contributed by atoms with Gasteiger partial charge in [0, 0.05) is 25.6 Å². The number of amides is 1. The van der Waals surface area contributed by atoms with Crippen molar-refractivity contribution in [2.45, 2.75) is 23.9 Å². The second-order valence-corrected chi connectivity index (χ2v) is 6.04. The van der Waals surface area contributed by atoms with E-state index < -0.39 is 0 Å². The normalized spacial score (nSPS) is 15.7. The van der Waals surface area contributed by atoms with Gasteiger partial charge in [-0.3, -0.25) is 4.79 Å². The monoisotopic (exact) mass is 302 g/mol. The molecule has 1 aliphatic rings. The number of carbonyl (C=O) groups excluding carboxylic acids is 1. The highest BCUT2D eigenvalue weighted by molar-refractivity contribution is 7.98. The van der Waals surface area contributed by atoms with Gasteiger partial charge < -0.3 is 9.88 Å². The van der Waals surface area contributed by atoms with Gasteiger partial charge in [0.2, 0.25) is 0 Å². The summed E-state index contributed by atoms with van der Waals surface area (Å²) in [7, 11) is 1.96. The molecule has 0 unspecified atom stereocenters. The van der Waals surface area contributed by atoms with Crippen molar-refractivity contribution in [1.29, 1.82) is 0 Å². The van der Waals surface area contributed by atoms with Crippen LogP contribution < -0.4 is 5.32 Å². The molecule has 0 radical (unpaired) electrons. The highest BCUT2D eigenvalue weighted by Gasteiger charge is 2.36. The predicted octanol–water partition coefficient (Wildman–Crippen LogP) is 2.42. The fourth-order valence-corrected chi connectivity index (χ4v) is 2.99. The lowest BCUT2D eigenvalue weighted by Crippen LogP contribution is -2.32. The number of nitrogens with zero attached hydrogens (tertiary/aromatic N) is 3. The van der Waals surface area contributed by atoms with Gasteiger partial charge in [0.15, 0.2) is 0 Å². The standard InChI is InChI=1S/C15H18N4OS/c1-19-9-8-16-13(19)12(10-5-6-10)18-14(20)11-4-3-7-17-15(11)21-2/h3-4,7-10,12H,5-6H2,1-2H3,(H,18,20)/t12-/m0/s1. The van der Waals surface area contributed by atoms with Crippen LogP contribution in [0.3, 0.4) is 0 Å². The van der Waals surface area contributed by atoms with E-state index in [1.807, 2.05) is 30.1 Å². The van der Waals surface area contributed by atoms with E-state index in [1.54, 1.807) is 18.5 Å². The SMILES string of the molecule is CSc1ncccc1C(=O)N[C@H](c1nccn1C)C1CC1. The molecule has 2 aromatic heterocycles. The lowest BCUT2D eigenvalue weighted by atomic mass is 10.1. The minimum absolute atomic E-state index is 0.0209. The third kappa shape index (κ3) is 2.95. The molecule has 0 aliphatic heterocycles. The van der Waals surface area contributed by atoms with Crippen LogP contribution in [0.25, 0.3) is 0 Å². The summed E-state index contributed by atoms with van der Waals surface area (Å²) < 4.78 is 1.97. The van der Waals surface area contributed by atoms with Crippen molar-refractivity contribution in [3.8, 4) is 0 Å². The van der Waals surface area contributed by atoms with E-state index in [-0.39, 0.29) is 11.9 Å². The topological polar surface area (TPSA) is 59.8 Å². The molecule has 1 saturated carbocycles. The van der Waals surface area contributed by atoms with Crippen molar-refractivity contribution in [1.82, 2.24) is 19.9 Å². The van der Waals surface area contributed by atoms with E-state index in [0.717, 1.165) is 23.7 Å². The molecule has 21 heavy (non-hydrogen) atoms. The van der Waals surface area contributed by atoms with Crippen molar-refractivity contribution in [2.24, 2.45) is 13.0 Å². The van der Waals surface area contributed by atoms with Gasteiger partial charge in [0.1, 0.15) is 10.9 Å². The van der Waals surface area contributed by atoms with Gasteiger partial charge in [-0.2, -0.15) is 0 Å². The molecule has 1 aliphatic carbocycles. The third-order valence-corrected chi connectivity index (χ3v) is 4.44. The van der Waals surface area contributed by atoms with Crippen LogP contribution in [0, 0.1) is 5.92 Å². The van der Waals surface area contributed by atoms with Gasteiger partial charge in [-0.25, -0.2) is 9.97 Å². The predicted molar refractivity (Wildman–Crippen MR) is 82.2 cm³/mol. The summed E-state index contributed by atoms with van der Waals surface area (Å²) in [6.45, 7) is 0. The quantitative estimate of drug-likeness (QED) is 0.862. The van der Waals surface area contributed by atoms with Crippen LogP contribution >= 0.6 is 11.8 Å². The number of pyridine rings is 1. The number of carbonyl (C=O) groups is 1. The molecule has 0 bridgehead atoms. The largest absolute Gasteiger partial charge is 0.342 e. The molecule has 1 N–H and O–H groups in total. The molecule has 0 spiro atoms. The maximum Gasteiger partial charge on any atom is 0.254 e. The summed E-state index contributed by atoms with van der Waals surface area (Å²) in [5.41, 5.74) is 0.629. The van der Waals surface area contributed by atoms with Crippen molar-refractivity contribution in [3.05, 3.63) is 42.1 Å². The number of rotatable bonds is 5. The van der Waals surface area contributed by atoms with Crippen LogP contribution in [0.1, 0.15) is 35.1 Å². The summed E-state index contributed by atoms with van der Waals surface area (Å²) in [6, 6.07) is 3.59. The van der Waals surface area contributed by atoms with Gasteiger partial charge in [-0.05, 0) is 37.1 Å². The highest BCUT2D eigenvalue weighted by Crippen LogP contribution is 2.40. The molecule has 6 heteroatoms. The lowest BCUT2D eigenvalue weighted by Gasteiger charge is -2.18. The number of hydrogen-bond acceptors (Lipinski definition) is 4. The number of aromatic nitrogens is 3. The van der Waals surface area contributed by atoms with Gasteiger partial charge >= 0.3 is 0 Å². The first-order valence-corrected chi connectivity index (χ1v) is 8.20. The zero-order valence-electron chi connectivity index (χ0n) is 12.1. The van der Waals surface area contributed by atoms with E-state index in [0.29, 0.717) is 11.5 Å². The van der Waals surface area contributed by atoms with E-state index in [1.165, 1.54) is 11.8 Å². The second-order valence-electron chi connectivity index (χ2n) is 5.25. The van der Waals surface area contributed by atoms with Crippen LogP contribution in [-0.4, -0.2) is 26.7 Å². The molecule has 1 fully saturated rings. The van der Waals surface area contributed by atoms with Gasteiger partial charge in [0.25, 0.3) is 5.91 Å². The molecule has 0 aromatic carbocycles. The van der Waals surface area contributed by atoms with E-state index in [4.69, 9.17) is 0 Å². The van der Waals surface area contributed by atoms with Crippen LogP contribution in [0.5, 0.6) is 0 Å². The van der Waals surface area contributed by atoms with E-state index in [9.17, 15) is 4.79 Å². The summed E-state index contributed by atoms with van der Waals surface area (Å²) in [5.74, 6) is 1.33. The average Bonchev–Trinajstić information content (AvgIpc) is 3.26.